The van der Waals surface area contributed by atoms with Crippen molar-refractivity contribution in [3.8, 4) is 5.75 Å². The van der Waals surface area contributed by atoms with Crippen molar-refractivity contribution in [2.24, 2.45) is 0 Å². The van der Waals surface area contributed by atoms with Gasteiger partial charge in [-0.25, -0.2) is 0 Å². The van der Waals surface area contributed by atoms with Gasteiger partial charge < -0.3 is 10.1 Å². The molecule has 0 bridgehead atoms. The number of hydrogen-bond acceptors (Lipinski definition) is 4. The van der Waals surface area contributed by atoms with E-state index in [1.54, 1.807) is 19.2 Å². The molecule has 0 saturated heterocycles. The zero-order valence-corrected chi connectivity index (χ0v) is 14.7. The van der Waals surface area contributed by atoms with Gasteiger partial charge in [-0.15, -0.1) is 0 Å². The highest BCUT2D eigenvalue weighted by Gasteiger charge is 2.07. The zero-order valence-electron chi connectivity index (χ0n) is 13.1. The van der Waals surface area contributed by atoms with Gasteiger partial charge in [0.25, 0.3) is 5.91 Å². The molecular formula is C17H18BrN3O3. The minimum Gasteiger partial charge on any atom is -0.495 e. The lowest BCUT2D eigenvalue weighted by Crippen LogP contribution is -2.44. The predicted molar refractivity (Wildman–Crippen MR) is 95.6 cm³/mol. The normalized spacial score (nSPS) is 9.92. The molecule has 0 saturated carbocycles. The molecule has 0 unspecified atom stereocenters. The Labute approximate surface area is 148 Å². The van der Waals surface area contributed by atoms with Crippen LogP contribution in [-0.4, -0.2) is 25.5 Å². The largest absolute Gasteiger partial charge is 0.495 e. The highest BCUT2D eigenvalue weighted by Crippen LogP contribution is 2.22. The molecule has 0 fully saturated rings. The number of rotatable bonds is 6. The maximum atomic E-state index is 11.8. The van der Waals surface area contributed by atoms with Crippen LogP contribution >= 0.6 is 15.9 Å². The maximum Gasteiger partial charge on any atom is 0.257 e. The third kappa shape index (κ3) is 5.58. The Hall–Kier alpha value is -2.54. The van der Waals surface area contributed by atoms with Crippen LogP contribution in [0, 0.1) is 0 Å². The number of anilines is 1. The lowest BCUT2D eigenvalue weighted by Gasteiger charge is -2.11. The molecule has 126 valence electrons. The summed E-state index contributed by atoms with van der Waals surface area (Å²) in [4.78, 5) is 23.6. The standard InChI is InChI=1S/C17H18BrN3O3/c1-24-15-5-3-2-4-14(15)19-11-17(23)21-20-16(22)10-12-6-8-13(18)9-7-12/h2-9,19H,10-11H2,1H3,(H,20,22)(H,21,23). The summed E-state index contributed by atoms with van der Waals surface area (Å²) in [6.07, 6.45) is 0.188. The average Bonchev–Trinajstić information content (AvgIpc) is 2.60. The first-order valence-electron chi connectivity index (χ1n) is 7.27. The lowest BCUT2D eigenvalue weighted by molar-refractivity contribution is -0.127. The van der Waals surface area contributed by atoms with Gasteiger partial charge in [0, 0.05) is 4.47 Å². The SMILES string of the molecule is COc1ccccc1NCC(=O)NNC(=O)Cc1ccc(Br)cc1. The van der Waals surface area contributed by atoms with E-state index >= 15 is 0 Å². The summed E-state index contributed by atoms with van der Waals surface area (Å²) in [5.41, 5.74) is 6.32. The maximum absolute atomic E-state index is 11.8. The van der Waals surface area contributed by atoms with Crippen LogP contribution in [0.4, 0.5) is 5.69 Å². The van der Waals surface area contributed by atoms with Crippen LogP contribution in [0.1, 0.15) is 5.56 Å². The number of halogens is 1. The molecule has 6 nitrogen and oxygen atoms in total. The van der Waals surface area contributed by atoms with E-state index in [1.807, 2.05) is 36.4 Å². The van der Waals surface area contributed by atoms with Crippen molar-refractivity contribution < 1.29 is 14.3 Å². The second-order valence-corrected chi connectivity index (χ2v) is 5.87. The number of hydrazine groups is 1. The summed E-state index contributed by atoms with van der Waals surface area (Å²) in [7, 11) is 1.56. The molecule has 2 amide bonds. The minimum absolute atomic E-state index is 0.0128. The van der Waals surface area contributed by atoms with E-state index in [9.17, 15) is 9.59 Å². The number of benzene rings is 2. The summed E-state index contributed by atoms with van der Waals surface area (Å²) in [5, 5.41) is 2.95. The smallest absolute Gasteiger partial charge is 0.257 e. The molecule has 0 atom stereocenters. The van der Waals surface area contributed by atoms with Crippen molar-refractivity contribution in [2.45, 2.75) is 6.42 Å². The van der Waals surface area contributed by atoms with Gasteiger partial charge in [0.05, 0.1) is 25.8 Å². The van der Waals surface area contributed by atoms with E-state index < -0.39 is 0 Å². The summed E-state index contributed by atoms with van der Waals surface area (Å²) >= 11 is 3.33. The second kappa shape index (κ2) is 8.93. The summed E-state index contributed by atoms with van der Waals surface area (Å²) in [6.45, 7) is 0.0128. The Balaban J connectivity index is 1.74. The molecule has 0 aromatic heterocycles. The molecule has 2 aromatic rings. The lowest BCUT2D eigenvalue weighted by atomic mass is 10.1. The highest BCUT2D eigenvalue weighted by atomic mass is 79.9. The Kier molecular flexibility index (Phi) is 6.62. The number of carbonyl (C=O) groups is 2. The Morgan fingerprint density at radius 3 is 2.38 bits per heavy atom. The molecule has 0 spiro atoms. The number of nitrogens with one attached hydrogen (secondary N) is 3. The van der Waals surface area contributed by atoms with Gasteiger partial charge in [-0.1, -0.05) is 40.2 Å². The van der Waals surface area contributed by atoms with Crippen LogP contribution in [0.15, 0.2) is 53.0 Å². The molecular weight excluding hydrogens is 374 g/mol. The molecule has 0 aliphatic heterocycles. The van der Waals surface area contributed by atoms with Gasteiger partial charge in [-0.05, 0) is 29.8 Å². The van der Waals surface area contributed by atoms with Crippen LogP contribution in [-0.2, 0) is 16.0 Å². The van der Waals surface area contributed by atoms with Crippen molar-refractivity contribution in [1.82, 2.24) is 10.9 Å². The van der Waals surface area contributed by atoms with Crippen molar-refractivity contribution in [3.63, 3.8) is 0 Å². The van der Waals surface area contributed by atoms with Gasteiger partial charge >= 0.3 is 0 Å². The van der Waals surface area contributed by atoms with E-state index in [1.165, 1.54) is 0 Å². The fraction of sp³-hybridized carbons (Fsp3) is 0.176. The van der Waals surface area contributed by atoms with Crippen LogP contribution < -0.4 is 20.9 Å². The number of amides is 2. The predicted octanol–water partition coefficient (Wildman–Crippen LogP) is 2.26. The Morgan fingerprint density at radius 2 is 1.67 bits per heavy atom. The first-order chi connectivity index (χ1) is 11.6. The van der Waals surface area contributed by atoms with Crippen LogP contribution in [0.25, 0.3) is 0 Å². The molecule has 0 heterocycles. The Bertz CT molecular complexity index is 704. The van der Waals surface area contributed by atoms with Crippen LogP contribution in [0.2, 0.25) is 0 Å². The Morgan fingerprint density at radius 1 is 1.00 bits per heavy atom. The van der Waals surface area contributed by atoms with E-state index in [2.05, 4.69) is 32.1 Å². The molecule has 0 radical (unpaired) electrons. The fourth-order valence-electron chi connectivity index (χ4n) is 1.98. The molecule has 7 heteroatoms. The van der Waals surface area contributed by atoms with E-state index in [-0.39, 0.29) is 24.8 Å². The molecule has 0 aliphatic rings. The highest BCUT2D eigenvalue weighted by molar-refractivity contribution is 9.10. The van der Waals surface area contributed by atoms with Gasteiger partial charge in [-0.3, -0.25) is 20.4 Å². The monoisotopic (exact) mass is 391 g/mol. The van der Waals surface area contributed by atoms with Crippen molar-refractivity contribution in [3.05, 3.63) is 58.6 Å². The van der Waals surface area contributed by atoms with Gasteiger partial charge in [0.1, 0.15) is 5.75 Å². The second-order valence-electron chi connectivity index (χ2n) is 4.95. The number of carbonyl (C=O) groups excluding carboxylic acids is 2. The van der Waals surface area contributed by atoms with Crippen LogP contribution in [0.5, 0.6) is 5.75 Å². The fourth-order valence-corrected chi connectivity index (χ4v) is 2.25. The minimum atomic E-state index is -0.356. The number of ether oxygens (including phenoxy) is 1. The third-order valence-corrected chi connectivity index (χ3v) is 3.69. The van der Waals surface area contributed by atoms with Gasteiger partial charge in [-0.2, -0.15) is 0 Å². The van der Waals surface area contributed by atoms with E-state index in [4.69, 9.17) is 4.74 Å². The summed E-state index contributed by atoms with van der Waals surface area (Å²) < 4.78 is 6.13. The van der Waals surface area contributed by atoms with E-state index in [0.717, 1.165) is 10.0 Å². The van der Waals surface area contributed by atoms with Gasteiger partial charge in [0.15, 0.2) is 0 Å². The van der Waals surface area contributed by atoms with Crippen molar-refractivity contribution in [2.75, 3.05) is 19.0 Å². The molecule has 3 N–H and O–H groups in total. The third-order valence-electron chi connectivity index (χ3n) is 3.17. The topological polar surface area (TPSA) is 79.5 Å². The first kappa shape index (κ1) is 17.8. The molecule has 2 rings (SSSR count). The zero-order chi connectivity index (χ0) is 17.4. The van der Waals surface area contributed by atoms with Crippen molar-refractivity contribution in [1.29, 1.82) is 0 Å². The van der Waals surface area contributed by atoms with Crippen molar-refractivity contribution >= 4 is 33.4 Å². The van der Waals surface area contributed by atoms with Gasteiger partial charge in [0.2, 0.25) is 5.91 Å². The number of methoxy groups -OCH3 is 1. The first-order valence-corrected chi connectivity index (χ1v) is 8.07. The molecule has 0 aliphatic carbocycles. The molecule has 24 heavy (non-hydrogen) atoms. The quantitative estimate of drug-likeness (QED) is 0.659. The average molecular weight is 392 g/mol. The number of para-hydroxylation sites is 2. The van der Waals surface area contributed by atoms with Crippen LogP contribution in [0.3, 0.4) is 0 Å². The summed E-state index contributed by atoms with van der Waals surface area (Å²) in [6, 6.07) is 14.7. The molecule has 2 aromatic carbocycles. The van der Waals surface area contributed by atoms with E-state index in [0.29, 0.717) is 11.4 Å². The number of hydrogen-bond donors (Lipinski definition) is 3. The summed E-state index contributed by atoms with van der Waals surface area (Å²) in [5.74, 6) is -0.00222.